The van der Waals surface area contributed by atoms with E-state index in [1.165, 1.54) is 0 Å². The molecule has 3 nitrogen and oxygen atoms in total. The first kappa shape index (κ1) is 20.0. The van der Waals surface area contributed by atoms with E-state index in [4.69, 9.17) is 9.72 Å². The maximum absolute atomic E-state index is 12.8. The van der Waals surface area contributed by atoms with E-state index in [-0.39, 0.29) is 5.92 Å². The normalized spacial score (nSPS) is 11.2. The standard InChI is InChI=1S/C29H23NO2/c1-2-32-29(31)26-19-25-23-16-10-9-11-20(23)17-18-24(25)28(30-26)27(21-12-5-3-6-13-21)22-14-7-4-8-15-22/h3-19,27H,2H2,1H3. The van der Waals surface area contributed by atoms with E-state index in [1.54, 1.807) is 0 Å². The molecule has 1 aromatic heterocycles. The molecule has 0 saturated heterocycles. The van der Waals surface area contributed by atoms with E-state index < -0.39 is 5.97 Å². The van der Waals surface area contributed by atoms with Crippen molar-refractivity contribution in [3.63, 3.8) is 0 Å². The van der Waals surface area contributed by atoms with Crippen molar-refractivity contribution < 1.29 is 9.53 Å². The third-order valence-electron chi connectivity index (χ3n) is 5.79. The average Bonchev–Trinajstić information content (AvgIpc) is 2.85. The van der Waals surface area contributed by atoms with Gasteiger partial charge in [0.25, 0.3) is 0 Å². The Morgan fingerprint density at radius 2 is 1.38 bits per heavy atom. The minimum atomic E-state index is -0.400. The number of hydrogen-bond acceptors (Lipinski definition) is 3. The first-order valence-corrected chi connectivity index (χ1v) is 10.9. The summed E-state index contributed by atoms with van der Waals surface area (Å²) >= 11 is 0. The summed E-state index contributed by atoms with van der Waals surface area (Å²) in [6.07, 6.45) is 0. The van der Waals surface area contributed by atoms with E-state index in [9.17, 15) is 4.79 Å². The summed E-state index contributed by atoms with van der Waals surface area (Å²) in [6, 6.07) is 35.0. The van der Waals surface area contributed by atoms with Gasteiger partial charge in [-0.3, -0.25) is 0 Å². The molecule has 1 heterocycles. The quantitative estimate of drug-likeness (QED) is 0.235. The summed E-state index contributed by atoms with van der Waals surface area (Å²) < 4.78 is 5.33. The fourth-order valence-corrected chi connectivity index (χ4v) is 4.36. The molecule has 0 saturated carbocycles. The van der Waals surface area contributed by atoms with Gasteiger partial charge in [0.05, 0.1) is 18.2 Å². The van der Waals surface area contributed by atoms with Gasteiger partial charge in [-0.1, -0.05) is 97.1 Å². The Bertz CT molecular complexity index is 1360. The number of pyridine rings is 1. The van der Waals surface area contributed by atoms with Gasteiger partial charge in [0.2, 0.25) is 0 Å². The van der Waals surface area contributed by atoms with Crippen LogP contribution >= 0.6 is 0 Å². The Hall–Kier alpha value is -3.98. The number of esters is 1. The molecule has 5 rings (SSSR count). The highest BCUT2D eigenvalue weighted by atomic mass is 16.5. The van der Waals surface area contributed by atoms with Crippen molar-refractivity contribution in [3.8, 4) is 0 Å². The third kappa shape index (κ3) is 3.63. The summed E-state index contributed by atoms with van der Waals surface area (Å²) in [5, 5.41) is 4.27. The van der Waals surface area contributed by atoms with Crippen LogP contribution in [0.4, 0.5) is 0 Å². The van der Waals surface area contributed by atoms with Crippen LogP contribution in [0.15, 0.2) is 103 Å². The monoisotopic (exact) mass is 417 g/mol. The average molecular weight is 418 g/mol. The molecular formula is C29H23NO2. The molecule has 0 aliphatic heterocycles. The second-order valence-electron chi connectivity index (χ2n) is 7.75. The maximum Gasteiger partial charge on any atom is 0.356 e. The topological polar surface area (TPSA) is 39.2 Å². The number of carbonyl (C=O) groups excluding carboxylic acids is 1. The third-order valence-corrected chi connectivity index (χ3v) is 5.79. The number of benzene rings is 4. The zero-order valence-corrected chi connectivity index (χ0v) is 17.9. The molecule has 0 bridgehead atoms. The van der Waals surface area contributed by atoms with Gasteiger partial charge in [-0.2, -0.15) is 0 Å². The van der Waals surface area contributed by atoms with Crippen LogP contribution in [0.25, 0.3) is 21.5 Å². The molecule has 0 spiro atoms. The first-order valence-electron chi connectivity index (χ1n) is 10.9. The number of hydrogen-bond donors (Lipinski definition) is 0. The van der Waals surface area contributed by atoms with Crippen molar-refractivity contribution in [1.82, 2.24) is 4.98 Å². The lowest BCUT2D eigenvalue weighted by Gasteiger charge is -2.21. The molecule has 0 N–H and O–H groups in total. The van der Waals surface area contributed by atoms with Gasteiger partial charge in [-0.25, -0.2) is 9.78 Å². The van der Waals surface area contributed by atoms with Crippen LogP contribution in [-0.4, -0.2) is 17.6 Å². The fraction of sp³-hybridized carbons (Fsp3) is 0.103. The Morgan fingerprint density at radius 1 is 0.750 bits per heavy atom. The highest BCUT2D eigenvalue weighted by Gasteiger charge is 2.23. The Balaban J connectivity index is 1.86. The van der Waals surface area contributed by atoms with Crippen LogP contribution in [0.1, 0.15) is 40.2 Å². The van der Waals surface area contributed by atoms with Crippen molar-refractivity contribution in [2.75, 3.05) is 6.61 Å². The smallest absolute Gasteiger partial charge is 0.356 e. The molecule has 5 aromatic rings. The number of rotatable bonds is 5. The van der Waals surface area contributed by atoms with Crippen LogP contribution in [0.5, 0.6) is 0 Å². The molecular weight excluding hydrogens is 394 g/mol. The van der Waals surface area contributed by atoms with Gasteiger partial charge in [0.15, 0.2) is 0 Å². The molecule has 32 heavy (non-hydrogen) atoms. The largest absolute Gasteiger partial charge is 0.461 e. The Labute approximate surface area is 187 Å². The molecule has 0 aliphatic carbocycles. The number of aromatic nitrogens is 1. The predicted molar refractivity (Wildman–Crippen MR) is 129 cm³/mol. The second kappa shape index (κ2) is 8.64. The molecule has 4 aromatic carbocycles. The summed E-state index contributed by atoms with van der Waals surface area (Å²) in [4.78, 5) is 17.7. The molecule has 3 heteroatoms. The van der Waals surface area contributed by atoms with E-state index in [1.807, 2.05) is 61.5 Å². The van der Waals surface area contributed by atoms with Crippen molar-refractivity contribution in [2.24, 2.45) is 0 Å². The molecule has 156 valence electrons. The molecule has 0 radical (unpaired) electrons. The fourth-order valence-electron chi connectivity index (χ4n) is 4.36. The van der Waals surface area contributed by atoms with Gasteiger partial charge < -0.3 is 4.74 Å². The lowest BCUT2D eigenvalue weighted by Crippen LogP contribution is -2.12. The molecule has 0 atom stereocenters. The van der Waals surface area contributed by atoms with Crippen LogP contribution in [0.2, 0.25) is 0 Å². The van der Waals surface area contributed by atoms with Crippen LogP contribution < -0.4 is 0 Å². The Morgan fingerprint density at radius 3 is 2.03 bits per heavy atom. The van der Waals surface area contributed by atoms with Crippen LogP contribution in [-0.2, 0) is 4.74 Å². The highest BCUT2D eigenvalue weighted by molar-refractivity contribution is 6.10. The number of ether oxygens (including phenoxy) is 1. The predicted octanol–water partition coefficient (Wildman–Crippen LogP) is 6.74. The van der Waals surface area contributed by atoms with E-state index >= 15 is 0 Å². The molecule has 0 amide bonds. The van der Waals surface area contributed by atoms with Crippen molar-refractivity contribution >= 4 is 27.5 Å². The van der Waals surface area contributed by atoms with Crippen molar-refractivity contribution in [3.05, 3.63) is 126 Å². The lowest BCUT2D eigenvalue weighted by molar-refractivity contribution is 0.0519. The maximum atomic E-state index is 12.8. The summed E-state index contributed by atoms with van der Waals surface area (Å²) in [5.74, 6) is -0.515. The van der Waals surface area contributed by atoms with Gasteiger partial charge in [-0.15, -0.1) is 0 Å². The van der Waals surface area contributed by atoms with Gasteiger partial charge >= 0.3 is 5.97 Å². The van der Waals surface area contributed by atoms with E-state index in [0.717, 1.165) is 38.4 Å². The molecule has 0 aliphatic rings. The number of carbonyl (C=O) groups is 1. The van der Waals surface area contributed by atoms with Gasteiger partial charge in [0.1, 0.15) is 5.69 Å². The highest BCUT2D eigenvalue weighted by Crippen LogP contribution is 2.37. The van der Waals surface area contributed by atoms with Crippen molar-refractivity contribution in [2.45, 2.75) is 12.8 Å². The molecule has 0 fully saturated rings. The van der Waals surface area contributed by atoms with Crippen LogP contribution in [0, 0.1) is 0 Å². The van der Waals surface area contributed by atoms with E-state index in [0.29, 0.717) is 12.3 Å². The number of fused-ring (bicyclic) bond motifs is 3. The van der Waals surface area contributed by atoms with Crippen molar-refractivity contribution in [1.29, 1.82) is 0 Å². The summed E-state index contributed by atoms with van der Waals surface area (Å²) in [7, 11) is 0. The summed E-state index contributed by atoms with van der Waals surface area (Å²) in [6.45, 7) is 2.12. The zero-order chi connectivity index (χ0) is 21.9. The van der Waals surface area contributed by atoms with Gasteiger partial charge in [-0.05, 0) is 40.3 Å². The van der Waals surface area contributed by atoms with Crippen LogP contribution in [0.3, 0.4) is 0 Å². The number of nitrogens with zero attached hydrogens (tertiary/aromatic N) is 1. The first-order chi connectivity index (χ1) is 15.8. The van der Waals surface area contributed by atoms with E-state index in [2.05, 4.69) is 48.5 Å². The Kier molecular flexibility index (Phi) is 5.39. The SMILES string of the molecule is CCOC(=O)c1cc2c(ccc3ccccc32)c(C(c2ccccc2)c2ccccc2)n1. The minimum absolute atomic E-state index is 0.115. The molecule has 0 unspecified atom stereocenters. The summed E-state index contributed by atoms with van der Waals surface area (Å²) in [5.41, 5.74) is 3.44. The van der Waals surface area contributed by atoms with Gasteiger partial charge in [0, 0.05) is 5.39 Å². The lowest BCUT2D eigenvalue weighted by atomic mass is 9.85. The zero-order valence-electron chi connectivity index (χ0n) is 17.9. The minimum Gasteiger partial charge on any atom is -0.461 e. The second-order valence-corrected chi connectivity index (χ2v) is 7.75.